The highest BCUT2D eigenvalue weighted by Gasteiger charge is 2.15. The Morgan fingerprint density at radius 3 is 2.90 bits per heavy atom. The van der Waals surface area contributed by atoms with E-state index in [0.717, 1.165) is 41.0 Å². The monoisotopic (exact) mass is 267 g/mol. The Morgan fingerprint density at radius 1 is 1.25 bits per heavy atom. The van der Waals surface area contributed by atoms with E-state index in [9.17, 15) is 5.11 Å². The number of rotatable bonds is 3. The molecule has 4 nitrogen and oxygen atoms in total. The quantitative estimate of drug-likeness (QED) is 0.790. The van der Waals surface area contributed by atoms with E-state index in [1.54, 1.807) is 18.5 Å². The summed E-state index contributed by atoms with van der Waals surface area (Å²) in [6, 6.07) is 7.54. The smallest absolute Gasteiger partial charge is 0.141 e. The molecule has 20 heavy (non-hydrogen) atoms. The molecule has 1 N–H and O–H groups in total. The van der Waals surface area contributed by atoms with Crippen molar-refractivity contribution >= 4 is 11.0 Å². The number of aromatic hydroxyl groups is 1. The number of hydrogen-bond donors (Lipinski definition) is 1. The summed E-state index contributed by atoms with van der Waals surface area (Å²) in [6.07, 6.45) is 4.59. The maximum absolute atomic E-state index is 9.91. The lowest BCUT2D eigenvalue weighted by atomic mass is 10.1. The topological polar surface area (TPSA) is 50.9 Å². The average Bonchev–Trinajstić information content (AvgIpc) is 2.81. The van der Waals surface area contributed by atoms with Gasteiger partial charge in [0.1, 0.15) is 17.1 Å². The van der Waals surface area contributed by atoms with Gasteiger partial charge in [-0.1, -0.05) is 19.1 Å². The minimum absolute atomic E-state index is 0.302. The van der Waals surface area contributed by atoms with Gasteiger partial charge in [0.25, 0.3) is 0 Å². The van der Waals surface area contributed by atoms with Crippen molar-refractivity contribution in [2.24, 2.45) is 0 Å². The predicted molar refractivity (Wildman–Crippen MR) is 79.7 cm³/mol. The molecule has 0 radical (unpaired) electrons. The highest BCUT2D eigenvalue weighted by molar-refractivity contribution is 5.80. The van der Waals surface area contributed by atoms with Crippen molar-refractivity contribution in [3.05, 3.63) is 42.2 Å². The molecule has 2 aromatic heterocycles. The van der Waals surface area contributed by atoms with E-state index in [0.29, 0.717) is 5.75 Å². The zero-order chi connectivity index (χ0) is 14.1. The van der Waals surface area contributed by atoms with E-state index < -0.39 is 0 Å². The summed E-state index contributed by atoms with van der Waals surface area (Å²) in [4.78, 5) is 8.83. The van der Waals surface area contributed by atoms with E-state index in [4.69, 9.17) is 4.98 Å². The molecule has 2 heterocycles. The van der Waals surface area contributed by atoms with Crippen molar-refractivity contribution in [2.45, 2.75) is 26.8 Å². The van der Waals surface area contributed by atoms with Gasteiger partial charge in [-0.2, -0.15) is 0 Å². The summed E-state index contributed by atoms with van der Waals surface area (Å²) in [5.41, 5.74) is 3.79. The molecular weight excluding hydrogens is 250 g/mol. The maximum Gasteiger partial charge on any atom is 0.141 e. The first-order chi connectivity index (χ1) is 9.72. The number of pyridine rings is 1. The van der Waals surface area contributed by atoms with Gasteiger partial charge in [0.2, 0.25) is 0 Å². The summed E-state index contributed by atoms with van der Waals surface area (Å²) in [5.74, 6) is 1.19. The van der Waals surface area contributed by atoms with Gasteiger partial charge in [-0.25, -0.2) is 4.98 Å². The molecule has 3 aromatic rings. The third-order valence-electron chi connectivity index (χ3n) is 3.54. The van der Waals surface area contributed by atoms with E-state index >= 15 is 0 Å². The van der Waals surface area contributed by atoms with Gasteiger partial charge in [-0.3, -0.25) is 4.98 Å². The second kappa shape index (κ2) is 4.96. The number of phenolic OH excluding ortho intramolecular Hbond substituents is 1. The number of imidazole rings is 1. The molecule has 0 spiro atoms. The van der Waals surface area contributed by atoms with Gasteiger partial charge in [-0.05, 0) is 25.5 Å². The van der Waals surface area contributed by atoms with Crippen molar-refractivity contribution in [1.82, 2.24) is 14.5 Å². The zero-order valence-corrected chi connectivity index (χ0v) is 11.7. The molecule has 0 amide bonds. The van der Waals surface area contributed by atoms with Crippen LogP contribution in [0.1, 0.15) is 18.9 Å². The van der Waals surface area contributed by atoms with Gasteiger partial charge < -0.3 is 9.67 Å². The molecule has 102 valence electrons. The van der Waals surface area contributed by atoms with Crippen LogP contribution in [0.2, 0.25) is 0 Å². The van der Waals surface area contributed by atoms with Gasteiger partial charge >= 0.3 is 0 Å². The molecule has 1 aromatic carbocycles. The average molecular weight is 267 g/mol. The summed E-state index contributed by atoms with van der Waals surface area (Å²) in [7, 11) is 0. The molecule has 0 aliphatic carbocycles. The van der Waals surface area contributed by atoms with Crippen LogP contribution in [0.25, 0.3) is 22.4 Å². The van der Waals surface area contributed by atoms with Crippen molar-refractivity contribution in [1.29, 1.82) is 0 Å². The summed E-state index contributed by atoms with van der Waals surface area (Å²) in [6.45, 7) is 4.95. The van der Waals surface area contributed by atoms with E-state index in [1.165, 1.54) is 0 Å². The molecule has 0 saturated heterocycles. The summed E-state index contributed by atoms with van der Waals surface area (Å²) in [5, 5.41) is 9.91. The normalized spacial score (nSPS) is 11.1. The fraction of sp³-hybridized carbons (Fsp3) is 0.250. The first-order valence-corrected chi connectivity index (χ1v) is 6.81. The van der Waals surface area contributed by atoms with Crippen LogP contribution < -0.4 is 0 Å². The largest absolute Gasteiger partial charge is 0.508 e. The van der Waals surface area contributed by atoms with Crippen LogP contribution in [0.3, 0.4) is 0 Å². The Kier molecular flexibility index (Phi) is 3.14. The highest BCUT2D eigenvalue weighted by Crippen LogP contribution is 2.31. The number of aromatic nitrogens is 3. The number of hydrogen-bond acceptors (Lipinski definition) is 3. The molecule has 0 aliphatic rings. The lowest BCUT2D eigenvalue weighted by molar-refractivity contribution is 0.471. The Labute approximate surface area is 117 Å². The van der Waals surface area contributed by atoms with Crippen molar-refractivity contribution < 1.29 is 5.11 Å². The lowest BCUT2D eigenvalue weighted by Gasteiger charge is -2.10. The first kappa shape index (κ1) is 12.7. The predicted octanol–water partition coefficient (Wildman–Crippen LogP) is 3.52. The second-order valence-electron chi connectivity index (χ2n) is 4.90. The van der Waals surface area contributed by atoms with Crippen molar-refractivity contribution in [3.8, 4) is 17.1 Å². The minimum atomic E-state index is 0.302. The molecule has 3 rings (SSSR count). The highest BCUT2D eigenvalue weighted by atomic mass is 16.3. The van der Waals surface area contributed by atoms with Crippen LogP contribution in [-0.4, -0.2) is 19.6 Å². The fourth-order valence-electron chi connectivity index (χ4n) is 2.50. The van der Waals surface area contributed by atoms with Crippen molar-refractivity contribution in [2.75, 3.05) is 0 Å². The van der Waals surface area contributed by atoms with Gasteiger partial charge in [0.05, 0.1) is 11.7 Å². The van der Waals surface area contributed by atoms with Gasteiger partial charge in [0.15, 0.2) is 0 Å². The van der Waals surface area contributed by atoms with E-state index in [-0.39, 0.29) is 0 Å². The minimum Gasteiger partial charge on any atom is -0.508 e. The lowest BCUT2D eigenvalue weighted by Crippen LogP contribution is -2.00. The number of fused-ring (bicyclic) bond motifs is 1. The van der Waals surface area contributed by atoms with Crippen LogP contribution in [0.5, 0.6) is 5.75 Å². The first-order valence-electron chi connectivity index (χ1n) is 6.81. The number of aryl methyl sites for hydroxylation is 1. The molecule has 0 unspecified atom stereocenters. The third-order valence-corrected chi connectivity index (χ3v) is 3.54. The molecule has 0 bridgehead atoms. The van der Waals surface area contributed by atoms with Crippen LogP contribution in [-0.2, 0) is 6.54 Å². The summed E-state index contributed by atoms with van der Waals surface area (Å²) >= 11 is 0. The van der Waals surface area contributed by atoms with Crippen LogP contribution in [0.4, 0.5) is 0 Å². The zero-order valence-electron chi connectivity index (χ0n) is 11.7. The molecule has 0 atom stereocenters. The molecular formula is C16H17N3O. The fourth-order valence-corrected chi connectivity index (χ4v) is 2.50. The Bertz CT molecular complexity index is 762. The SMILES string of the molecule is CCCn1c(-c2cccc(O)c2C)nc2cnccc21. The number of nitrogens with zero attached hydrogens (tertiary/aromatic N) is 3. The Balaban J connectivity index is 2.29. The van der Waals surface area contributed by atoms with E-state index in [2.05, 4.69) is 16.5 Å². The maximum atomic E-state index is 9.91. The molecule has 0 aliphatic heterocycles. The van der Waals surface area contributed by atoms with Gasteiger partial charge in [-0.15, -0.1) is 0 Å². The molecule has 4 heteroatoms. The molecule has 0 fully saturated rings. The Morgan fingerprint density at radius 2 is 2.10 bits per heavy atom. The Hall–Kier alpha value is -2.36. The standard InChI is InChI=1S/C16H17N3O/c1-3-9-19-14-7-8-17-10-13(14)18-16(19)12-5-4-6-15(20)11(12)2/h4-8,10,20H,3,9H2,1-2H3. The number of phenols is 1. The third kappa shape index (κ3) is 1.93. The van der Waals surface area contributed by atoms with Crippen LogP contribution in [0, 0.1) is 6.92 Å². The second-order valence-corrected chi connectivity index (χ2v) is 4.90. The van der Waals surface area contributed by atoms with Gasteiger partial charge in [0, 0.05) is 23.9 Å². The van der Waals surface area contributed by atoms with Crippen LogP contribution in [0.15, 0.2) is 36.7 Å². The number of benzene rings is 1. The van der Waals surface area contributed by atoms with Crippen molar-refractivity contribution in [3.63, 3.8) is 0 Å². The van der Waals surface area contributed by atoms with E-state index in [1.807, 2.05) is 25.1 Å². The summed E-state index contributed by atoms with van der Waals surface area (Å²) < 4.78 is 2.19. The van der Waals surface area contributed by atoms with Crippen LogP contribution >= 0.6 is 0 Å². The molecule has 0 saturated carbocycles.